The molecule has 0 saturated carbocycles. The van der Waals surface area contributed by atoms with Gasteiger partial charge in [0.2, 0.25) is 0 Å². The molecule has 7 nitrogen and oxygen atoms in total. The summed E-state index contributed by atoms with van der Waals surface area (Å²) in [6.45, 7) is 2.83. The zero-order valence-corrected chi connectivity index (χ0v) is 12.5. The SMILES string of the molecule is COC1(CNC(=O)N2CCC(CC(=O)O)CC2)CCOC1. The number of carboxylic acids is 1. The van der Waals surface area contributed by atoms with Crippen LogP contribution in [0.5, 0.6) is 0 Å². The van der Waals surface area contributed by atoms with Gasteiger partial charge in [0.05, 0.1) is 13.2 Å². The molecule has 1 atom stereocenters. The highest BCUT2D eigenvalue weighted by atomic mass is 16.5. The highest BCUT2D eigenvalue weighted by Gasteiger charge is 2.36. The van der Waals surface area contributed by atoms with Crippen LogP contribution in [-0.2, 0) is 14.3 Å². The van der Waals surface area contributed by atoms with Crippen LogP contribution in [0.2, 0.25) is 0 Å². The molecule has 2 aliphatic rings. The molecule has 2 rings (SSSR count). The van der Waals surface area contributed by atoms with E-state index in [4.69, 9.17) is 14.6 Å². The average Bonchev–Trinajstić information content (AvgIpc) is 2.94. The first-order chi connectivity index (χ1) is 10.0. The number of methoxy groups -OCH3 is 1. The van der Waals surface area contributed by atoms with Crippen LogP contribution in [-0.4, -0.2) is 67.6 Å². The van der Waals surface area contributed by atoms with Crippen LogP contribution in [0.15, 0.2) is 0 Å². The zero-order valence-electron chi connectivity index (χ0n) is 12.5. The summed E-state index contributed by atoms with van der Waals surface area (Å²) in [5.41, 5.74) is -0.405. The van der Waals surface area contributed by atoms with Crippen molar-refractivity contribution in [2.45, 2.75) is 31.3 Å². The van der Waals surface area contributed by atoms with Crippen molar-refractivity contribution in [3.05, 3.63) is 0 Å². The molecule has 0 aromatic heterocycles. The Morgan fingerprint density at radius 3 is 2.67 bits per heavy atom. The number of urea groups is 1. The topological polar surface area (TPSA) is 88.1 Å². The zero-order chi connectivity index (χ0) is 15.3. The fraction of sp³-hybridized carbons (Fsp3) is 0.857. The van der Waals surface area contributed by atoms with Gasteiger partial charge in [0.25, 0.3) is 0 Å². The van der Waals surface area contributed by atoms with E-state index in [1.165, 1.54) is 0 Å². The van der Waals surface area contributed by atoms with Crippen molar-refractivity contribution < 1.29 is 24.2 Å². The normalized spacial score (nSPS) is 26.8. The van der Waals surface area contributed by atoms with Gasteiger partial charge in [-0.25, -0.2) is 4.79 Å². The van der Waals surface area contributed by atoms with Crippen LogP contribution in [0.25, 0.3) is 0 Å². The van der Waals surface area contributed by atoms with E-state index in [9.17, 15) is 9.59 Å². The van der Waals surface area contributed by atoms with Gasteiger partial charge >= 0.3 is 12.0 Å². The first kappa shape index (κ1) is 16.0. The van der Waals surface area contributed by atoms with Gasteiger partial charge < -0.3 is 24.8 Å². The number of nitrogens with zero attached hydrogens (tertiary/aromatic N) is 1. The number of hydrogen-bond acceptors (Lipinski definition) is 4. The molecule has 2 saturated heterocycles. The number of carboxylic acid groups (broad SMARTS) is 1. The van der Waals surface area contributed by atoms with Crippen LogP contribution in [0.1, 0.15) is 25.7 Å². The Hall–Kier alpha value is -1.34. The van der Waals surface area contributed by atoms with E-state index >= 15 is 0 Å². The maximum absolute atomic E-state index is 12.1. The van der Waals surface area contributed by atoms with Crippen molar-refractivity contribution in [1.82, 2.24) is 10.2 Å². The second-order valence-electron chi connectivity index (χ2n) is 5.88. The van der Waals surface area contributed by atoms with Crippen LogP contribution in [0.4, 0.5) is 4.79 Å². The highest BCUT2D eigenvalue weighted by Crippen LogP contribution is 2.23. The maximum Gasteiger partial charge on any atom is 0.317 e. The van der Waals surface area contributed by atoms with E-state index in [0.29, 0.717) is 32.8 Å². The Kier molecular flexibility index (Phi) is 5.41. The molecule has 0 aromatic rings. The third-order valence-electron chi connectivity index (χ3n) is 4.43. The first-order valence-corrected chi connectivity index (χ1v) is 7.42. The first-order valence-electron chi connectivity index (χ1n) is 7.42. The number of carbonyl (C=O) groups excluding carboxylic acids is 1. The van der Waals surface area contributed by atoms with Crippen molar-refractivity contribution >= 4 is 12.0 Å². The number of amides is 2. The van der Waals surface area contributed by atoms with E-state index in [0.717, 1.165) is 19.3 Å². The number of likely N-dealkylation sites (tertiary alicyclic amines) is 1. The molecule has 2 N–H and O–H groups in total. The molecule has 2 amide bonds. The standard InChI is InChI=1S/C14H24N2O5/c1-20-14(4-7-21-10-14)9-15-13(19)16-5-2-11(3-6-16)8-12(17)18/h11H,2-10H2,1H3,(H,15,19)(H,17,18). The van der Waals surface area contributed by atoms with Crippen molar-refractivity contribution in [1.29, 1.82) is 0 Å². The Morgan fingerprint density at radius 2 is 2.14 bits per heavy atom. The lowest BCUT2D eigenvalue weighted by molar-refractivity contribution is -0.138. The van der Waals surface area contributed by atoms with Gasteiger partial charge in [0.1, 0.15) is 5.60 Å². The van der Waals surface area contributed by atoms with E-state index in [1.54, 1.807) is 12.0 Å². The van der Waals surface area contributed by atoms with E-state index in [2.05, 4.69) is 5.32 Å². The number of rotatable bonds is 5. The van der Waals surface area contributed by atoms with Crippen LogP contribution in [0.3, 0.4) is 0 Å². The Balaban J connectivity index is 1.73. The molecule has 0 spiro atoms. The predicted molar refractivity (Wildman–Crippen MR) is 75.1 cm³/mol. The summed E-state index contributed by atoms with van der Waals surface area (Å²) < 4.78 is 10.8. The smallest absolute Gasteiger partial charge is 0.317 e. The Labute approximate surface area is 124 Å². The third-order valence-corrected chi connectivity index (χ3v) is 4.43. The van der Waals surface area contributed by atoms with Gasteiger partial charge in [-0.2, -0.15) is 0 Å². The summed E-state index contributed by atoms with van der Waals surface area (Å²) in [6, 6.07) is -0.105. The molecular weight excluding hydrogens is 276 g/mol. The molecule has 0 aromatic carbocycles. The second-order valence-corrected chi connectivity index (χ2v) is 5.88. The lowest BCUT2D eigenvalue weighted by atomic mass is 9.94. The largest absolute Gasteiger partial charge is 0.481 e. The molecule has 2 fully saturated rings. The van der Waals surface area contributed by atoms with Gasteiger partial charge in [0, 0.05) is 39.6 Å². The van der Waals surface area contributed by atoms with Gasteiger partial charge in [-0.3, -0.25) is 4.79 Å². The quantitative estimate of drug-likeness (QED) is 0.780. The molecule has 2 heterocycles. The monoisotopic (exact) mass is 300 g/mol. The van der Waals surface area contributed by atoms with Gasteiger partial charge in [-0.15, -0.1) is 0 Å². The third kappa shape index (κ3) is 4.31. The van der Waals surface area contributed by atoms with Crippen LogP contribution < -0.4 is 5.32 Å². The molecule has 0 radical (unpaired) electrons. The van der Waals surface area contributed by atoms with Crippen molar-refractivity contribution in [2.24, 2.45) is 5.92 Å². The molecule has 1 unspecified atom stereocenters. The molecule has 7 heteroatoms. The average molecular weight is 300 g/mol. The van der Waals surface area contributed by atoms with E-state index in [1.807, 2.05) is 0 Å². The van der Waals surface area contributed by atoms with Crippen molar-refractivity contribution in [3.63, 3.8) is 0 Å². The van der Waals surface area contributed by atoms with Crippen LogP contribution in [0, 0.1) is 5.92 Å². The van der Waals surface area contributed by atoms with Crippen molar-refractivity contribution in [3.8, 4) is 0 Å². The van der Waals surface area contributed by atoms with E-state index in [-0.39, 0.29) is 18.4 Å². The van der Waals surface area contributed by atoms with Crippen molar-refractivity contribution in [2.75, 3.05) is 40.0 Å². The fourth-order valence-corrected chi connectivity index (χ4v) is 2.90. The summed E-state index contributed by atoms with van der Waals surface area (Å²) in [6.07, 6.45) is 2.47. The minimum atomic E-state index is -0.763. The molecule has 0 bridgehead atoms. The highest BCUT2D eigenvalue weighted by molar-refractivity contribution is 5.74. The number of piperidine rings is 1. The summed E-state index contributed by atoms with van der Waals surface area (Å²) in [4.78, 5) is 24.6. The minimum Gasteiger partial charge on any atom is -0.481 e. The lowest BCUT2D eigenvalue weighted by Gasteiger charge is -2.33. The number of aliphatic carboxylic acids is 1. The molecule has 2 aliphatic heterocycles. The number of carbonyl (C=O) groups is 2. The Bertz CT molecular complexity index is 374. The maximum atomic E-state index is 12.1. The molecule has 0 aliphatic carbocycles. The second kappa shape index (κ2) is 7.09. The summed E-state index contributed by atoms with van der Waals surface area (Å²) in [5, 5.41) is 11.7. The molecular formula is C14H24N2O5. The number of hydrogen-bond donors (Lipinski definition) is 2. The van der Waals surface area contributed by atoms with E-state index < -0.39 is 11.6 Å². The summed E-state index contributed by atoms with van der Waals surface area (Å²) in [7, 11) is 1.64. The lowest BCUT2D eigenvalue weighted by Crippen LogP contribution is -2.50. The fourth-order valence-electron chi connectivity index (χ4n) is 2.90. The minimum absolute atomic E-state index is 0.105. The molecule has 120 valence electrons. The number of nitrogens with one attached hydrogen (secondary N) is 1. The van der Waals surface area contributed by atoms with Gasteiger partial charge in [-0.05, 0) is 18.8 Å². The van der Waals surface area contributed by atoms with Gasteiger partial charge in [0.15, 0.2) is 0 Å². The van der Waals surface area contributed by atoms with Crippen LogP contribution >= 0.6 is 0 Å². The predicted octanol–water partition coefficient (Wildman–Crippen LogP) is 0.688. The Morgan fingerprint density at radius 1 is 1.43 bits per heavy atom. The number of ether oxygens (including phenoxy) is 2. The summed E-state index contributed by atoms with van der Waals surface area (Å²) in [5.74, 6) is -0.582. The summed E-state index contributed by atoms with van der Waals surface area (Å²) >= 11 is 0. The van der Waals surface area contributed by atoms with Gasteiger partial charge in [-0.1, -0.05) is 0 Å². The molecule has 21 heavy (non-hydrogen) atoms.